The number of hydrogen-bond acceptors (Lipinski definition) is 5. The number of rotatable bonds is 11. The van der Waals surface area contributed by atoms with Crippen LogP contribution >= 0.6 is 0 Å². The van der Waals surface area contributed by atoms with E-state index in [2.05, 4.69) is 25.4 Å². The fourth-order valence-corrected chi connectivity index (χ4v) is 3.53. The molecule has 174 valence electrons. The maximum absolute atomic E-state index is 14.0. The molecule has 6 nitrogen and oxygen atoms in total. The number of likely N-dealkylation sites (N-methyl/N-ethyl adjacent to an activating group) is 2. The highest BCUT2D eigenvalue weighted by Gasteiger charge is 2.37. The minimum absolute atomic E-state index is 0.0122. The molecule has 2 heterocycles. The first-order valence-corrected chi connectivity index (χ1v) is 10.7. The number of alkyl halides is 3. The van der Waals surface area contributed by atoms with Gasteiger partial charge in [-0.05, 0) is 32.0 Å². The summed E-state index contributed by atoms with van der Waals surface area (Å²) >= 11 is 0. The quantitative estimate of drug-likeness (QED) is 0.547. The molecule has 2 aromatic heterocycles. The minimum atomic E-state index is -4.51. The lowest BCUT2D eigenvalue weighted by atomic mass is 10.1. The highest BCUT2D eigenvalue weighted by Crippen LogP contribution is 2.38. The SMILES string of the molecule is CNCCN(C)Cc1c[nH]nc1-c1cnc(N(CC(C)C)CC(C)C)c(C(F)(F)F)c1. The van der Waals surface area contributed by atoms with Crippen LogP contribution < -0.4 is 10.2 Å². The zero-order chi connectivity index (χ0) is 23.2. The molecule has 0 aliphatic rings. The highest BCUT2D eigenvalue weighted by molar-refractivity contribution is 5.66. The molecule has 0 saturated carbocycles. The number of aromatic nitrogens is 3. The molecule has 0 spiro atoms. The fourth-order valence-electron chi connectivity index (χ4n) is 3.53. The number of nitrogens with one attached hydrogen (secondary N) is 2. The van der Waals surface area contributed by atoms with Gasteiger partial charge in [0.1, 0.15) is 5.82 Å². The Kier molecular flexibility index (Phi) is 8.88. The summed E-state index contributed by atoms with van der Waals surface area (Å²) in [6.07, 6.45) is -1.27. The van der Waals surface area contributed by atoms with Crippen LogP contribution in [0.5, 0.6) is 0 Å². The van der Waals surface area contributed by atoms with Gasteiger partial charge in [0.15, 0.2) is 0 Å². The van der Waals surface area contributed by atoms with Crippen molar-refractivity contribution < 1.29 is 13.2 Å². The van der Waals surface area contributed by atoms with Crippen molar-refractivity contribution in [1.29, 1.82) is 0 Å². The van der Waals surface area contributed by atoms with Gasteiger partial charge in [0.2, 0.25) is 0 Å². The monoisotopic (exact) mass is 440 g/mol. The van der Waals surface area contributed by atoms with Crippen molar-refractivity contribution in [3.8, 4) is 11.3 Å². The first-order valence-electron chi connectivity index (χ1n) is 10.7. The average molecular weight is 441 g/mol. The maximum atomic E-state index is 14.0. The van der Waals surface area contributed by atoms with Gasteiger partial charge in [-0.2, -0.15) is 18.3 Å². The Labute approximate surface area is 183 Å². The second-order valence-corrected chi connectivity index (χ2v) is 8.89. The normalized spacial score (nSPS) is 12.4. The summed E-state index contributed by atoms with van der Waals surface area (Å²) < 4.78 is 42.1. The van der Waals surface area contributed by atoms with Crippen LogP contribution in [-0.4, -0.2) is 60.4 Å². The Morgan fingerprint density at radius 2 is 1.77 bits per heavy atom. The van der Waals surface area contributed by atoms with Crippen molar-refractivity contribution in [2.24, 2.45) is 11.8 Å². The van der Waals surface area contributed by atoms with E-state index in [-0.39, 0.29) is 17.7 Å². The summed E-state index contributed by atoms with van der Waals surface area (Å²) in [5.74, 6) is 0.418. The molecule has 0 fully saturated rings. The van der Waals surface area contributed by atoms with Gasteiger partial charge in [0.05, 0.1) is 11.3 Å². The van der Waals surface area contributed by atoms with E-state index in [0.29, 0.717) is 30.9 Å². The van der Waals surface area contributed by atoms with E-state index in [1.165, 1.54) is 12.3 Å². The molecule has 2 N–H and O–H groups in total. The lowest BCUT2D eigenvalue weighted by Gasteiger charge is -2.30. The predicted octanol–water partition coefficient (Wildman–Crippen LogP) is 4.26. The second kappa shape index (κ2) is 10.9. The molecule has 0 unspecified atom stereocenters. The van der Waals surface area contributed by atoms with Gasteiger partial charge in [0, 0.05) is 56.2 Å². The van der Waals surface area contributed by atoms with Crippen molar-refractivity contribution in [1.82, 2.24) is 25.4 Å². The summed E-state index contributed by atoms with van der Waals surface area (Å²) in [5.41, 5.74) is 0.981. The Balaban J connectivity index is 2.44. The van der Waals surface area contributed by atoms with E-state index in [1.807, 2.05) is 41.8 Å². The lowest BCUT2D eigenvalue weighted by molar-refractivity contribution is -0.137. The summed E-state index contributed by atoms with van der Waals surface area (Å²) in [5, 5.41) is 10.1. The molecule has 0 aliphatic heterocycles. The molecule has 2 aromatic rings. The van der Waals surface area contributed by atoms with Gasteiger partial charge in [-0.25, -0.2) is 4.98 Å². The van der Waals surface area contributed by atoms with Crippen LogP contribution in [0.1, 0.15) is 38.8 Å². The van der Waals surface area contributed by atoms with Crippen LogP contribution in [0.25, 0.3) is 11.3 Å². The number of nitrogens with zero attached hydrogens (tertiary/aromatic N) is 4. The third kappa shape index (κ3) is 7.21. The summed E-state index contributed by atoms with van der Waals surface area (Å²) in [4.78, 5) is 8.14. The summed E-state index contributed by atoms with van der Waals surface area (Å²) in [7, 11) is 3.84. The fraction of sp³-hybridized carbons (Fsp3) is 0.636. The van der Waals surface area contributed by atoms with Crippen molar-refractivity contribution >= 4 is 5.82 Å². The Hall–Kier alpha value is -2.13. The van der Waals surface area contributed by atoms with Gasteiger partial charge >= 0.3 is 6.18 Å². The van der Waals surface area contributed by atoms with E-state index in [0.717, 1.165) is 18.7 Å². The molecular weight excluding hydrogens is 405 g/mol. The lowest BCUT2D eigenvalue weighted by Crippen LogP contribution is -2.33. The topological polar surface area (TPSA) is 60.1 Å². The standard InChI is InChI=1S/C22H35F3N6/c1-15(2)12-31(13-16(3)4)21-19(22(23,24)25)9-17(10-27-21)20-18(11-28-29-20)14-30(6)8-7-26-5/h9-11,15-16,26H,7-8,12-14H2,1-6H3,(H,28,29). The molecule has 0 radical (unpaired) electrons. The molecule has 0 atom stereocenters. The van der Waals surface area contributed by atoms with E-state index in [4.69, 9.17) is 0 Å². The molecule has 0 amide bonds. The van der Waals surface area contributed by atoms with Crippen molar-refractivity contribution in [3.63, 3.8) is 0 Å². The van der Waals surface area contributed by atoms with E-state index in [9.17, 15) is 13.2 Å². The largest absolute Gasteiger partial charge is 0.419 e. The molecular formula is C22H35F3N6. The number of halogens is 3. The number of pyridine rings is 1. The van der Waals surface area contributed by atoms with E-state index >= 15 is 0 Å². The number of aromatic amines is 1. The van der Waals surface area contributed by atoms with Gasteiger partial charge in [-0.15, -0.1) is 0 Å². The third-order valence-electron chi connectivity index (χ3n) is 4.82. The van der Waals surface area contributed by atoms with Crippen molar-refractivity contribution in [2.45, 2.75) is 40.4 Å². The Morgan fingerprint density at radius 1 is 1.13 bits per heavy atom. The zero-order valence-corrected chi connectivity index (χ0v) is 19.3. The first-order chi connectivity index (χ1) is 14.5. The van der Waals surface area contributed by atoms with Gasteiger partial charge < -0.3 is 15.1 Å². The minimum Gasteiger partial charge on any atom is -0.356 e. The van der Waals surface area contributed by atoms with Crippen molar-refractivity contribution in [3.05, 3.63) is 29.6 Å². The van der Waals surface area contributed by atoms with E-state index < -0.39 is 11.7 Å². The maximum Gasteiger partial charge on any atom is 0.419 e. The molecule has 31 heavy (non-hydrogen) atoms. The summed E-state index contributed by atoms with van der Waals surface area (Å²) in [6, 6.07) is 1.18. The Morgan fingerprint density at radius 3 is 2.32 bits per heavy atom. The number of anilines is 1. The average Bonchev–Trinajstić information content (AvgIpc) is 3.12. The van der Waals surface area contributed by atoms with Crippen LogP contribution in [0.4, 0.5) is 19.0 Å². The first kappa shape index (κ1) is 25.1. The molecule has 9 heteroatoms. The zero-order valence-electron chi connectivity index (χ0n) is 19.3. The second-order valence-electron chi connectivity index (χ2n) is 8.89. The van der Waals surface area contributed by atoms with Crippen LogP contribution in [0.2, 0.25) is 0 Å². The number of hydrogen-bond donors (Lipinski definition) is 2. The van der Waals surface area contributed by atoms with Crippen LogP contribution in [0.15, 0.2) is 18.5 Å². The molecule has 0 bridgehead atoms. The highest BCUT2D eigenvalue weighted by atomic mass is 19.4. The van der Waals surface area contributed by atoms with Crippen LogP contribution in [0, 0.1) is 11.8 Å². The van der Waals surface area contributed by atoms with Crippen LogP contribution in [0.3, 0.4) is 0 Å². The molecule has 0 saturated heterocycles. The van der Waals surface area contributed by atoms with Crippen LogP contribution in [-0.2, 0) is 12.7 Å². The molecule has 2 rings (SSSR count). The van der Waals surface area contributed by atoms with Gasteiger partial charge in [-0.3, -0.25) is 5.10 Å². The number of H-pyrrole nitrogens is 1. The molecule has 0 aromatic carbocycles. The van der Waals surface area contributed by atoms with Crippen molar-refractivity contribution in [2.75, 3.05) is 45.2 Å². The van der Waals surface area contributed by atoms with Gasteiger partial charge in [0.25, 0.3) is 0 Å². The summed E-state index contributed by atoms with van der Waals surface area (Å²) in [6.45, 7) is 11.2. The smallest absolute Gasteiger partial charge is 0.356 e. The Bertz CT molecular complexity index is 806. The third-order valence-corrected chi connectivity index (χ3v) is 4.82. The van der Waals surface area contributed by atoms with Gasteiger partial charge in [-0.1, -0.05) is 27.7 Å². The predicted molar refractivity (Wildman–Crippen MR) is 119 cm³/mol. The molecule has 0 aliphatic carbocycles. The van der Waals surface area contributed by atoms with E-state index in [1.54, 1.807) is 11.1 Å².